The summed E-state index contributed by atoms with van der Waals surface area (Å²) in [6, 6.07) is 0. The van der Waals surface area contributed by atoms with Crippen molar-refractivity contribution in [3.8, 4) is 0 Å². The van der Waals surface area contributed by atoms with Crippen LogP contribution in [0.4, 0.5) is 0 Å². The second kappa shape index (κ2) is 6.14. The van der Waals surface area contributed by atoms with Crippen molar-refractivity contribution in [1.29, 1.82) is 0 Å². The van der Waals surface area contributed by atoms with Crippen LogP contribution in [0.1, 0.15) is 33.1 Å². The summed E-state index contributed by atoms with van der Waals surface area (Å²) in [5.74, 6) is 0.579. The van der Waals surface area contributed by atoms with Gasteiger partial charge in [-0.2, -0.15) is 0 Å². The number of hydrogen-bond donors (Lipinski definition) is 0. The number of ether oxygens (including phenoxy) is 2. The molecule has 1 aliphatic carbocycles. The summed E-state index contributed by atoms with van der Waals surface area (Å²) in [6.07, 6.45) is 3.02. The summed E-state index contributed by atoms with van der Waals surface area (Å²) in [5, 5.41) is 0. The summed E-state index contributed by atoms with van der Waals surface area (Å²) in [7, 11) is 0. The van der Waals surface area contributed by atoms with E-state index in [1.807, 2.05) is 13.8 Å². The largest absolute Gasteiger partial charge is 0.374 e. The fraction of sp³-hybridized carbons (Fsp3) is 0.909. The molecule has 1 unspecified atom stereocenters. The van der Waals surface area contributed by atoms with Crippen molar-refractivity contribution in [1.82, 2.24) is 0 Å². The normalized spacial score (nSPS) is 18.1. The van der Waals surface area contributed by atoms with Gasteiger partial charge in [-0.15, -0.1) is 0 Å². The van der Waals surface area contributed by atoms with E-state index in [1.54, 1.807) is 0 Å². The maximum Gasteiger partial charge on any atom is 0.187 e. The van der Waals surface area contributed by atoms with Gasteiger partial charge in [-0.1, -0.05) is 6.92 Å². The Hall–Kier alpha value is -0.410. The van der Waals surface area contributed by atoms with E-state index in [9.17, 15) is 4.79 Å². The van der Waals surface area contributed by atoms with Gasteiger partial charge < -0.3 is 9.47 Å². The maximum atomic E-state index is 11.6. The predicted octanol–water partition coefficient (Wildman–Crippen LogP) is 1.80. The second-order valence-electron chi connectivity index (χ2n) is 3.73. The molecule has 3 heteroatoms. The molecule has 14 heavy (non-hydrogen) atoms. The highest BCUT2D eigenvalue weighted by Gasteiger charge is 2.36. The molecule has 1 rings (SSSR count). The first-order valence-corrected chi connectivity index (χ1v) is 5.51. The standard InChI is InChI=1S/C11H20O3/c1-3-7-13-8-10(12)11(14-4-2)9-5-6-9/h9,11H,3-8H2,1-2H3. The molecule has 1 fully saturated rings. The van der Waals surface area contributed by atoms with Crippen molar-refractivity contribution in [2.75, 3.05) is 19.8 Å². The van der Waals surface area contributed by atoms with Gasteiger partial charge in [-0.3, -0.25) is 4.79 Å². The van der Waals surface area contributed by atoms with E-state index >= 15 is 0 Å². The van der Waals surface area contributed by atoms with Crippen molar-refractivity contribution in [2.24, 2.45) is 5.92 Å². The summed E-state index contributed by atoms with van der Waals surface area (Å²) in [5.41, 5.74) is 0. The van der Waals surface area contributed by atoms with Crippen molar-refractivity contribution in [3.63, 3.8) is 0 Å². The molecule has 0 amide bonds. The van der Waals surface area contributed by atoms with E-state index < -0.39 is 0 Å². The van der Waals surface area contributed by atoms with Crippen LogP contribution in [0.2, 0.25) is 0 Å². The number of carbonyl (C=O) groups excluding carboxylic acids is 1. The van der Waals surface area contributed by atoms with E-state index in [-0.39, 0.29) is 18.5 Å². The highest BCUT2D eigenvalue weighted by atomic mass is 16.5. The minimum atomic E-state index is -0.197. The molecule has 0 N–H and O–H groups in total. The molecule has 0 heterocycles. The van der Waals surface area contributed by atoms with Crippen molar-refractivity contribution in [3.05, 3.63) is 0 Å². The molecule has 0 aromatic rings. The first kappa shape index (κ1) is 11.7. The van der Waals surface area contributed by atoms with Gasteiger partial charge in [-0.05, 0) is 32.1 Å². The van der Waals surface area contributed by atoms with Crippen LogP contribution in [0, 0.1) is 5.92 Å². The van der Waals surface area contributed by atoms with Gasteiger partial charge in [0.05, 0.1) is 0 Å². The third kappa shape index (κ3) is 3.76. The molecular weight excluding hydrogens is 180 g/mol. The second-order valence-corrected chi connectivity index (χ2v) is 3.73. The minimum Gasteiger partial charge on any atom is -0.374 e. The van der Waals surface area contributed by atoms with Crippen LogP contribution in [-0.2, 0) is 14.3 Å². The van der Waals surface area contributed by atoms with Crippen LogP contribution in [-0.4, -0.2) is 31.7 Å². The zero-order chi connectivity index (χ0) is 10.4. The fourth-order valence-electron chi connectivity index (χ4n) is 1.47. The quantitative estimate of drug-likeness (QED) is 0.560. The molecule has 82 valence electrons. The summed E-state index contributed by atoms with van der Waals surface area (Å²) in [6.45, 7) is 5.45. The monoisotopic (exact) mass is 200 g/mol. The average molecular weight is 200 g/mol. The summed E-state index contributed by atoms with van der Waals surface area (Å²) in [4.78, 5) is 11.6. The third-order valence-corrected chi connectivity index (χ3v) is 2.31. The molecule has 0 aliphatic heterocycles. The number of rotatable bonds is 8. The van der Waals surface area contributed by atoms with Crippen LogP contribution in [0.3, 0.4) is 0 Å². The van der Waals surface area contributed by atoms with Crippen LogP contribution >= 0.6 is 0 Å². The third-order valence-electron chi connectivity index (χ3n) is 2.31. The van der Waals surface area contributed by atoms with Crippen LogP contribution in [0.15, 0.2) is 0 Å². The molecule has 1 aliphatic rings. The Balaban J connectivity index is 2.23. The van der Waals surface area contributed by atoms with E-state index in [1.165, 1.54) is 0 Å². The van der Waals surface area contributed by atoms with Crippen molar-refractivity contribution >= 4 is 5.78 Å². The zero-order valence-corrected chi connectivity index (χ0v) is 9.12. The average Bonchev–Trinajstić information content (AvgIpc) is 2.98. The van der Waals surface area contributed by atoms with E-state index in [0.717, 1.165) is 19.3 Å². The van der Waals surface area contributed by atoms with Crippen LogP contribution in [0.25, 0.3) is 0 Å². The zero-order valence-electron chi connectivity index (χ0n) is 9.12. The Bertz CT molecular complexity index is 175. The molecular formula is C11H20O3. The fourth-order valence-corrected chi connectivity index (χ4v) is 1.47. The van der Waals surface area contributed by atoms with Crippen molar-refractivity contribution < 1.29 is 14.3 Å². The topological polar surface area (TPSA) is 35.5 Å². The molecule has 0 bridgehead atoms. The van der Waals surface area contributed by atoms with Gasteiger partial charge in [0, 0.05) is 13.2 Å². The van der Waals surface area contributed by atoms with Gasteiger partial charge in [-0.25, -0.2) is 0 Å². The number of ketones is 1. The Labute approximate surface area is 85.8 Å². The number of hydrogen-bond acceptors (Lipinski definition) is 3. The van der Waals surface area contributed by atoms with Crippen LogP contribution in [0.5, 0.6) is 0 Å². The van der Waals surface area contributed by atoms with Gasteiger partial charge in [0.1, 0.15) is 12.7 Å². The van der Waals surface area contributed by atoms with Gasteiger partial charge in [0.2, 0.25) is 0 Å². The first-order chi connectivity index (χ1) is 6.79. The molecule has 1 atom stereocenters. The van der Waals surface area contributed by atoms with Crippen LogP contribution < -0.4 is 0 Å². The Kier molecular flexibility index (Phi) is 5.12. The van der Waals surface area contributed by atoms with E-state index in [0.29, 0.717) is 19.1 Å². The smallest absolute Gasteiger partial charge is 0.187 e. The van der Waals surface area contributed by atoms with E-state index in [4.69, 9.17) is 9.47 Å². The van der Waals surface area contributed by atoms with E-state index in [2.05, 4.69) is 0 Å². The summed E-state index contributed by atoms with van der Waals surface area (Å²) < 4.78 is 10.6. The molecule has 3 nitrogen and oxygen atoms in total. The van der Waals surface area contributed by atoms with Gasteiger partial charge >= 0.3 is 0 Å². The molecule has 0 spiro atoms. The maximum absolute atomic E-state index is 11.6. The lowest BCUT2D eigenvalue weighted by atomic mass is 10.1. The highest BCUT2D eigenvalue weighted by molar-refractivity contribution is 5.84. The van der Waals surface area contributed by atoms with Gasteiger partial charge in [0.15, 0.2) is 5.78 Å². The number of carbonyl (C=O) groups is 1. The molecule has 1 saturated carbocycles. The molecule has 0 radical (unpaired) electrons. The molecule has 0 aromatic carbocycles. The lowest BCUT2D eigenvalue weighted by Crippen LogP contribution is -2.30. The Morgan fingerprint density at radius 2 is 2.14 bits per heavy atom. The molecule has 0 saturated heterocycles. The predicted molar refractivity (Wildman–Crippen MR) is 54.3 cm³/mol. The lowest BCUT2D eigenvalue weighted by molar-refractivity contribution is -0.136. The van der Waals surface area contributed by atoms with Crippen molar-refractivity contribution in [2.45, 2.75) is 39.2 Å². The Morgan fingerprint density at radius 1 is 1.43 bits per heavy atom. The number of Topliss-reactive ketones (excluding diaryl/α,β-unsaturated/α-hetero) is 1. The molecule has 0 aromatic heterocycles. The Morgan fingerprint density at radius 3 is 2.64 bits per heavy atom. The SMILES string of the molecule is CCCOCC(=O)C(OCC)C1CC1. The van der Waals surface area contributed by atoms with Gasteiger partial charge in [0.25, 0.3) is 0 Å². The minimum absolute atomic E-state index is 0.114. The first-order valence-electron chi connectivity index (χ1n) is 5.51. The summed E-state index contributed by atoms with van der Waals surface area (Å²) >= 11 is 0. The lowest BCUT2D eigenvalue weighted by Gasteiger charge is -2.14. The highest BCUT2D eigenvalue weighted by Crippen LogP contribution is 2.34.